The normalized spacial score (nSPS) is 24.0. The fourth-order valence-corrected chi connectivity index (χ4v) is 2.14. The number of rotatable bonds is 0. The quantitative estimate of drug-likeness (QED) is 0.730. The van der Waals surface area contributed by atoms with Gasteiger partial charge in [-0.25, -0.2) is 0 Å². The smallest absolute Gasteiger partial charge is 0.0965 e. The molecule has 5 nitrogen and oxygen atoms in total. The van der Waals surface area contributed by atoms with Gasteiger partial charge in [0.1, 0.15) is 0 Å². The molecule has 18 heavy (non-hydrogen) atoms. The van der Waals surface area contributed by atoms with Crippen LogP contribution in [-0.4, -0.2) is 32.6 Å². The number of fused-ring (bicyclic) bond motifs is 2. The largest absolute Gasteiger partial charge is 0.312 e. The summed E-state index contributed by atoms with van der Waals surface area (Å²) < 4.78 is 1.94. The number of hydrogen-bond acceptors (Lipinski definition) is 4. The fourth-order valence-electron chi connectivity index (χ4n) is 2.14. The van der Waals surface area contributed by atoms with E-state index in [0.717, 1.165) is 38.2 Å². The first kappa shape index (κ1) is 13.5. The molecule has 0 radical (unpaired) electrons. The van der Waals surface area contributed by atoms with Gasteiger partial charge in [-0.1, -0.05) is 5.21 Å². The third-order valence-corrected chi connectivity index (χ3v) is 3.65. The molecule has 1 aliphatic heterocycles. The van der Waals surface area contributed by atoms with Crippen molar-refractivity contribution in [2.24, 2.45) is 0 Å². The van der Waals surface area contributed by atoms with E-state index in [9.17, 15) is 0 Å². The minimum atomic E-state index is 0.117. The second-order valence-corrected chi connectivity index (χ2v) is 6.52. The molecule has 2 heterocycles. The molecule has 2 bridgehead atoms. The van der Waals surface area contributed by atoms with Crippen LogP contribution in [0.5, 0.6) is 0 Å². The van der Waals surface area contributed by atoms with Gasteiger partial charge in [0.05, 0.1) is 5.69 Å². The van der Waals surface area contributed by atoms with Crippen LogP contribution in [-0.2, 0) is 13.1 Å². The maximum atomic E-state index is 4.20. The molecule has 5 heteroatoms. The van der Waals surface area contributed by atoms with Crippen LogP contribution in [0.4, 0.5) is 0 Å². The van der Waals surface area contributed by atoms with E-state index in [4.69, 9.17) is 0 Å². The van der Waals surface area contributed by atoms with Gasteiger partial charge in [0.2, 0.25) is 0 Å². The molecular formula is C13H25N5. The number of hydrogen-bond donors (Lipinski definition) is 2. The number of nitrogens with one attached hydrogen (secondary N) is 2. The topological polar surface area (TPSA) is 54.8 Å². The van der Waals surface area contributed by atoms with Crippen LogP contribution in [0.3, 0.4) is 0 Å². The zero-order valence-corrected chi connectivity index (χ0v) is 12.0. The summed E-state index contributed by atoms with van der Waals surface area (Å²) in [5.41, 5.74) is 1.28. The van der Waals surface area contributed by atoms with Crippen molar-refractivity contribution in [2.45, 2.75) is 64.7 Å². The summed E-state index contributed by atoms with van der Waals surface area (Å²) in [5.74, 6) is 0. The Labute approximate surface area is 109 Å². The lowest BCUT2D eigenvalue weighted by atomic mass is 9.97. The van der Waals surface area contributed by atoms with Crippen molar-refractivity contribution >= 4 is 0 Å². The van der Waals surface area contributed by atoms with Crippen LogP contribution in [0.25, 0.3) is 0 Å². The van der Waals surface area contributed by atoms with Gasteiger partial charge in [-0.05, 0) is 47.1 Å². The Hall–Kier alpha value is -0.940. The van der Waals surface area contributed by atoms with Gasteiger partial charge in [-0.15, -0.1) is 5.10 Å². The molecule has 1 aromatic rings. The van der Waals surface area contributed by atoms with E-state index < -0.39 is 0 Å². The molecule has 2 N–H and O–H groups in total. The molecule has 0 spiro atoms. The molecule has 0 aliphatic carbocycles. The third kappa shape index (κ3) is 3.78. The van der Waals surface area contributed by atoms with Gasteiger partial charge in [0, 0.05) is 30.4 Å². The predicted molar refractivity (Wildman–Crippen MR) is 72.3 cm³/mol. The van der Waals surface area contributed by atoms with Crippen LogP contribution in [0.1, 0.15) is 46.2 Å². The molecule has 102 valence electrons. The highest BCUT2D eigenvalue weighted by Crippen LogP contribution is 2.14. The van der Waals surface area contributed by atoms with E-state index >= 15 is 0 Å². The third-order valence-electron chi connectivity index (χ3n) is 3.65. The second-order valence-electron chi connectivity index (χ2n) is 6.52. The van der Waals surface area contributed by atoms with Crippen molar-refractivity contribution < 1.29 is 0 Å². The highest BCUT2D eigenvalue weighted by Gasteiger charge is 2.22. The molecule has 0 amide bonds. The molecule has 0 fully saturated rings. The SMILES string of the molecule is CC1(C)CCn2cc(nn2)CNC(C)(C)CCN1. The van der Waals surface area contributed by atoms with Crippen LogP contribution in [0.2, 0.25) is 0 Å². The standard InChI is InChI=1S/C13H25N5/c1-12(2)5-7-14-13(3,4)6-8-18-10-11(9-15-12)16-17-18/h10,14-15H,5-9H2,1-4H3. The average molecular weight is 251 g/mol. The van der Waals surface area contributed by atoms with Crippen LogP contribution < -0.4 is 10.6 Å². The van der Waals surface area contributed by atoms with Crippen molar-refractivity contribution in [3.05, 3.63) is 11.9 Å². The van der Waals surface area contributed by atoms with Gasteiger partial charge >= 0.3 is 0 Å². The first-order valence-electron chi connectivity index (χ1n) is 6.75. The highest BCUT2D eigenvalue weighted by molar-refractivity contribution is 4.95. The summed E-state index contributed by atoms with van der Waals surface area (Å²) in [7, 11) is 0. The maximum absolute atomic E-state index is 4.20. The van der Waals surface area contributed by atoms with Gasteiger partial charge in [-0.3, -0.25) is 4.68 Å². The van der Waals surface area contributed by atoms with Crippen LogP contribution in [0, 0.1) is 0 Å². The van der Waals surface area contributed by atoms with Crippen LogP contribution in [0.15, 0.2) is 6.20 Å². The van der Waals surface area contributed by atoms with E-state index in [1.165, 1.54) is 0 Å². The first-order valence-corrected chi connectivity index (χ1v) is 6.75. The average Bonchev–Trinajstić information content (AvgIpc) is 2.70. The Morgan fingerprint density at radius 3 is 2.61 bits per heavy atom. The van der Waals surface area contributed by atoms with Crippen molar-refractivity contribution in [2.75, 3.05) is 6.54 Å². The predicted octanol–water partition coefficient (Wildman–Crippen LogP) is 1.31. The van der Waals surface area contributed by atoms with E-state index in [2.05, 4.69) is 48.6 Å². The van der Waals surface area contributed by atoms with Crippen molar-refractivity contribution in [1.82, 2.24) is 25.6 Å². The lowest BCUT2D eigenvalue weighted by Gasteiger charge is -2.31. The van der Waals surface area contributed by atoms with Gasteiger partial charge in [-0.2, -0.15) is 0 Å². The highest BCUT2D eigenvalue weighted by atomic mass is 15.4. The summed E-state index contributed by atoms with van der Waals surface area (Å²) in [4.78, 5) is 0. The van der Waals surface area contributed by atoms with Crippen molar-refractivity contribution in [3.8, 4) is 0 Å². The summed E-state index contributed by atoms with van der Waals surface area (Å²) in [6.07, 6.45) is 4.20. The summed E-state index contributed by atoms with van der Waals surface area (Å²) in [6, 6.07) is 0. The minimum absolute atomic E-state index is 0.117. The van der Waals surface area contributed by atoms with Crippen LogP contribution >= 0.6 is 0 Å². The van der Waals surface area contributed by atoms with Gasteiger partial charge in [0.15, 0.2) is 0 Å². The summed E-state index contributed by atoms with van der Waals surface area (Å²) >= 11 is 0. The minimum Gasteiger partial charge on any atom is -0.312 e. The molecule has 0 saturated heterocycles. The Kier molecular flexibility index (Phi) is 3.73. The van der Waals surface area contributed by atoms with E-state index in [-0.39, 0.29) is 11.1 Å². The van der Waals surface area contributed by atoms with Crippen molar-refractivity contribution in [3.63, 3.8) is 0 Å². The molecule has 0 aromatic carbocycles. The molecule has 1 aliphatic rings. The van der Waals surface area contributed by atoms with Gasteiger partial charge in [0.25, 0.3) is 0 Å². The summed E-state index contributed by atoms with van der Waals surface area (Å²) in [6.45, 7) is 11.7. The molecule has 0 unspecified atom stereocenters. The monoisotopic (exact) mass is 251 g/mol. The molecule has 1 aromatic heterocycles. The fraction of sp³-hybridized carbons (Fsp3) is 0.846. The van der Waals surface area contributed by atoms with E-state index in [1.807, 2.05) is 10.9 Å². The Bertz CT molecular complexity index is 359. The van der Waals surface area contributed by atoms with Gasteiger partial charge < -0.3 is 10.6 Å². The zero-order chi connectivity index (χ0) is 13.2. The second kappa shape index (κ2) is 4.97. The Morgan fingerprint density at radius 1 is 1.11 bits per heavy atom. The Balaban J connectivity index is 2.12. The number of aryl methyl sites for hydroxylation is 1. The maximum Gasteiger partial charge on any atom is 0.0965 e. The lowest BCUT2D eigenvalue weighted by molar-refractivity contribution is 0.294. The molecule has 0 atom stereocenters. The molecule has 2 rings (SSSR count). The number of aromatic nitrogens is 3. The summed E-state index contributed by atoms with van der Waals surface area (Å²) in [5, 5.41) is 15.6. The number of nitrogens with zero attached hydrogens (tertiary/aromatic N) is 3. The molecular weight excluding hydrogens is 226 g/mol. The van der Waals surface area contributed by atoms with Crippen molar-refractivity contribution in [1.29, 1.82) is 0 Å². The Morgan fingerprint density at radius 2 is 1.83 bits per heavy atom. The first-order chi connectivity index (χ1) is 8.36. The molecule has 0 saturated carbocycles. The van der Waals surface area contributed by atoms with E-state index in [1.54, 1.807) is 0 Å². The lowest BCUT2D eigenvalue weighted by Crippen LogP contribution is -2.46. The van der Waals surface area contributed by atoms with E-state index in [0.29, 0.717) is 0 Å². The zero-order valence-electron chi connectivity index (χ0n) is 12.0.